The van der Waals surface area contributed by atoms with Gasteiger partial charge in [-0.05, 0) is 51.6 Å². The predicted octanol–water partition coefficient (Wildman–Crippen LogP) is 1.83. The summed E-state index contributed by atoms with van der Waals surface area (Å²) in [6.45, 7) is 2.64. The lowest BCUT2D eigenvalue weighted by molar-refractivity contribution is 0.162. The zero-order chi connectivity index (χ0) is 11.6. The maximum absolute atomic E-state index is 5.52. The van der Waals surface area contributed by atoms with Gasteiger partial charge in [0, 0.05) is 13.2 Å². The second kappa shape index (κ2) is 8.74. The lowest BCUT2D eigenvalue weighted by atomic mass is 10.1. The van der Waals surface area contributed by atoms with Gasteiger partial charge in [-0.15, -0.1) is 0 Å². The molecule has 1 atom stereocenters. The highest BCUT2D eigenvalue weighted by Crippen LogP contribution is 2.19. The summed E-state index contributed by atoms with van der Waals surface area (Å²) in [7, 11) is 1.76. The minimum Gasteiger partial charge on any atom is -0.383 e. The van der Waals surface area contributed by atoms with E-state index in [1.807, 2.05) is 0 Å². The van der Waals surface area contributed by atoms with Gasteiger partial charge >= 0.3 is 0 Å². The van der Waals surface area contributed by atoms with Crippen molar-refractivity contribution >= 4 is 0 Å². The van der Waals surface area contributed by atoms with E-state index in [1.165, 1.54) is 25.7 Å². The molecule has 0 bridgehead atoms. The third-order valence-corrected chi connectivity index (χ3v) is 3.14. The first-order valence-electron chi connectivity index (χ1n) is 6.47. The number of hydrogen-bond acceptors (Lipinski definition) is 3. The summed E-state index contributed by atoms with van der Waals surface area (Å²) >= 11 is 0. The van der Waals surface area contributed by atoms with Gasteiger partial charge in [0.25, 0.3) is 0 Å². The van der Waals surface area contributed by atoms with Crippen LogP contribution in [0.2, 0.25) is 0 Å². The molecular formula is C13H26N2O. The Hall–Kier alpha value is -0.380. The van der Waals surface area contributed by atoms with Crippen LogP contribution in [0.5, 0.6) is 0 Å². The van der Waals surface area contributed by atoms with Crippen molar-refractivity contribution in [3.8, 4) is 0 Å². The number of nitrogens with one attached hydrogen (secondary N) is 1. The van der Waals surface area contributed by atoms with Gasteiger partial charge < -0.3 is 15.8 Å². The molecule has 0 amide bonds. The molecule has 0 aromatic rings. The fraction of sp³-hybridized carbons (Fsp3) is 0.846. The van der Waals surface area contributed by atoms with Crippen molar-refractivity contribution in [2.45, 2.75) is 44.6 Å². The minimum atomic E-state index is 0.468. The summed E-state index contributed by atoms with van der Waals surface area (Å²) in [5.74, 6) is 0. The van der Waals surface area contributed by atoms with Crippen LogP contribution in [-0.2, 0) is 4.74 Å². The average Bonchev–Trinajstić information content (AvgIpc) is 2.79. The van der Waals surface area contributed by atoms with E-state index >= 15 is 0 Å². The SMILES string of the molecule is COCC(CCCN)NCCC1=CCCC1. The highest BCUT2D eigenvalue weighted by atomic mass is 16.5. The van der Waals surface area contributed by atoms with Crippen LogP contribution < -0.4 is 11.1 Å². The van der Waals surface area contributed by atoms with Gasteiger partial charge in [-0.1, -0.05) is 11.6 Å². The highest BCUT2D eigenvalue weighted by Gasteiger charge is 2.08. The first-order valence-corrected chi connectivity index (χ1v) is 6.47. The van der Waals surface area contributed by atoms with Crippen molar-refractivity contribution in [2.75, 3.05) is 26.8 Å². The highest BCUT2D eigenvalue weighted by molar-refractivity contribution is 5.07. The van der Waals surface area contributed by atoms with E-state index in [0.29, 0.717) is 6.04 Å². The minimum absolute atomic E-state index is 0.468. The lowest BCUT2D eigenvalue weighted by Crippen LogP contribution is -2.34. The van der Waals surface area contributed by atoms with Crippen LogP contribution in [0.25, 0.3) is 0 Å². The smallest absolute Gasteiger partial charge is 0.0615 e. The molecule has 0 aromatic carbocycles. The summed E-state index contributed by atoms with van der Waals surface area (Å²) in [5.41, 5.74) is 7.15. The molecule has 0 saturated carbocycles. The van der Waals surface area contributed by atoms with Crippen LogP contribution in [0.15, 0.2) is 11.6 Å². The molecule has 0 aliphatic heterocycles. The van der Waals surface area contributed by atoms with Gasteiger partial charge in [-0.3, -0.25) is 0 Å². The van der Waals surface area contributed by atoms with E-state index in [1.54, 1.807) is 12.7 Å². The maximum Gasteiger partial charge on any atom is 0.0615 e. The monoisotopic (exact) mass is 226 g/mol. The number of methoxy groups -OCH3 is 1. The first-order chi connectivity index (χ1) is 7.86. The van der Waals surface area contributed by atoms with Crippen molar-refractivity contribution in [1.29, 1.82) is 0 Å². The van der Waals surface area contributed by atoms with Gasteiger partial charge in [0.05, 0.1) is 6.61 Å². The molecule has 0 heterocycles. The number of allylic oxidation sites excluding steroid dienone is 1. The molecule has 94 valence electrons. The van der Waals surface area contributed by atoms with E-state index in [-0.39, 0.29) is 0 Å². The third-order valence-electron chi connectivity index (χ3n) is 3.14. The molecule has 1 aliphatic carbocycles. The van der Waals surface area contributed by atoms with E-state index in [0.717, 1.165) is 32.5 Å². The lowest BCUT2D eigenvalue weighted by Gasteiger charge is -2.17. The van der Waals surface area contributed by atoms with Crippen LogP contribution in [0.1, 0.15) is 38.5 Å². The zero-order valence-electron chi connectivity index (χ0n) is 10.5. The molecule has 0 radical (unpaired) electrons. The molecule has 1 unspecified atom stereocenters. The molecule has 1 aliphatic rings. The van der Waals surface area contributed by atoms with Crippen LogP contribution >= 0.6 is 0 Å². The number of ether oxygens (including phenoxy) is 1. The molecule has 1 rings (SSSR count). The van der Waals surface area contributed by atoms with Crippen molar-refractivity contribution in [3.63, 3.8) is 0 Å². The molecule has 0 fully saturated rings. The Labute approximate surface area is 99.4 Å². The summed E-state index contributed by atoms with van der Waals surface area (Å²) in [6, 6.07) is 0.468. The first kappa shape index (κ1) is 13.7. The topological polar surface area (TPSA) is 47.3 Å². The largest absolute Gasteiger partial charge is 0.383 e. The Morgan fingerprint density at radius 2 is 2.44 bits per heavy atom. The van der Waals surface area contributed by atoms with Gasteiger partial charge in [0.15, 0.2) is 0 Å². The molecule has 3 N–H and O–H groups in total. The predicted molar refractivity (Wildman–Crippen MR) is 68.5 cm³/mol. The Bertz CT molecular complexity index is 204. The summed E-state index contributed by atoms with van der Waals surface area (Å²) in [4.78, 5) is 0. The van der Waals surface area contributed by atoms with E-state index < -0.39 is 0 Å². The normalized spacial score (nSPS) is 17.5. The Morgan fingerprint density at radius 1 is 1.56 bits per heavy atom. The van der Waals surface area contributed by atoms with Crippen LogP contribution in [0, 0.1) is 0 Å². The van der Waals surface area contributed by atoms with Gasteiger partial charge in [0.2, 0.25) is 0 Å². The number of rotatable bonds is 9. The van der Waals surface area contributed by atoms with Gasteiger partial charge in [-0.25, -0.2) is 0 Å². The third kappa shape index (κ3) is 5.64. The summed E-state index contributed by atoms with van der Waals surface area (Å²) in [6.07, 6.45) is 9.72. The second-order valence-electron chi connectivity index (χ2n) is 4.54. The Balaban J connectivity index is 2.10. The van der Waals surface area contributed by atoms with Gasteiger partial charge in [0.1, 0.15) is 0 Å². The fourth-order valence-electron chi connectivity index (χ4n) is 2.21. The number of nitrogens with two attached hydrogens (primary N) is 1. The molecule has 16 heavy (non-hydrogen) atoms. The molecule has 0 aromatic heterocycles. The van der Waals surface area contributed by atoms with Crippen LogP contribution in [-0.4, -0.2) is 32.8 Å². The Morgan fingerprint density at radius 3 is 3.06 bits per heavy atom. The van der Waals surface area contributed by atoms with Crippen molar-refractivity contribution in [2.24, 2.45) is 5.73 Å². The van der Waals surface area contributed by atoms with Gasteiger partial charge in [-0.2, -0.15) is 0 Å². The fourth-order valence-corrected chi connectivity index (χ4v) is 2.21. The zero-order valence-corrected chi connectivity index (χ0v) is 10.5. The average molecular weight is 226 g/mol. The van der Waals surface area contributed by atoms with E-state index in [2.05, 4.69) is 11.4 Å². The van der Waals surface area contributed by atoms with E-state index in [4.69, 9.17) is 10.5 Å². The van der Waals surface area contributed by atoms with Crippen molar-refractivity contribution in [3.05, 3.63) is 11.6 Å². The Kier molecular flexibility index (Phi) is 7.47. The standard InChI is InChI=1S/C13H26N2O/c1-16-11-13(7-4-9-14)15-10-8-12-5-2-3-6-12/h5,13,15H,2-4,6-11,14H2,1H3. The quantitative estimate of drug-likeness (QED) is 0.590. The molecule has 0 spiro atoms. The van der Waals surface area contributed by atoms with Crippen LogP contribution in [0.4, 0.5) is 0 Å². The van der Waals surface area contributed by atoms with Crippen LogP contribution in [0.3, 0.4) is 0 Å². The molecule has 0 saturated heterocycles. The maximum atomic E-state index is 5.52. The van der Waals surface area contributed by atoms with E-state index in [9.17, 15) is 0 Å². The van der Waals surface area contributed by atoms with Crippen molar-refractivity contribution in [1.82, 2.24) is 5.32 Å². The molecule has 3 nitrogen and oxygen atoms in total. The molecular weight excluding hydrogens is 200 g/mol. The summed E-state index contributed by atoms with van der Waals surface area (Å²) < 4.78 is 5.21. The summed E-state index contributed by atoms with van der Waals surface area (Å²) in [5, 5.41) is 3.56. The second-order valence-corrected chi connectivity index (χ2v) is 4.54. The molecule has 3 heteroatoms. The number of hydrogen-bond donors (Lipinski definition) is 2. The van der Waals surface area contributed by atoms with Crippen molar-refractivity contribution < 1.29 is 4.74 Å².